The Hall–Kier alpha value is -1.44. The molecule has 0 bridgehead atoms. The maximum Gasteiger partial charge on any atom is 0.161 e. The molecule has 1 aromatic carbocycles. The van der Waals surface area contributed by atoms with E-state index in [4.69, 9.17) is 9.47 Å². The van der Waals surface area contributed by atoms with Gasteiger partial charge in [-0.05, 0) is 73.1 Å². The van der Waals surface area contributed by atoms with Gasteiger partial charge >= 0.3 is 0 Å². The third kappa shape index (κ3) is 5.30. The highest BCUT2D eigenvalue weighted by atomic mass is 16.5. The quantitative estimate of drug-likeness (QED) is 0.448. The lowest BCUT2D eigenvalue weighted by atomic mass is 9.70. The van der Waals surface area contributed by atoms with Gasteiger partial charge in [0.2, 0.25) is 0 Å². The minimum Gasteiger partial charge on any atom is -0.493 e. The van der Waals surface area contributed by atoms with Crippen LogP contribution in [0.5, 0.6) is 11.5 Å². The zero-order valence-corrected chi connectivity index (χ0v) is 17.6. The van der Waals surface area contributed by atoms with Crippen LogP contribution in [0.15, 0.2) is 24.3 Å². The van der Waals surface area contributed by atoms with Crippen LogP contribution in [0.3, 0.4) is 0 Å². The average Bonchev–Trinajstić information content (AvgIpc) is 2.74. The molecule has 0 aromatic heterocycles. The number of allylic oxidation sites excluding steroid dienone is 2. The first kappa shape index (κ1) is 20.3. The molecule has 2 nitrogen and oxygen atoms in total. The lowest BCUT2D eigenvalue weighted by Crippen LogP contribution is -2.23. The summed E-state index contributed by atoms with van der Waals surface area (Å²) in [6.45, 7) is 2.31. The predicted molar refractivity (Wildman–Crippen MR) is 114 cm³/mol. The Bertz CT molecular complexity index is 611. The van der Waals surface area contributed by atoms with Gasteiger partial charge < -0.3 is 9.47 Å². The number of rotatable bonds is 8. The fourth-order valence-electron chi connectivity index (χ4n) is 5.21. The molecule has 1 atom stereocenters. The van der Waals surface area contributed by atoms with Crippen LogP contribution in [0.1, 0.15) is 83.1 Å². The molecule has 150 valence electrons. The summed E-state index contributed by atoms with van der Waals surface area (Å²) in [4.78, 5) is 0. The summed E-state index contributed by atoms with van der Waals surface area (Å²) in [5.74, 6) is 4.54. The summed E-state index contributed by atoms with van der Waals surface area (Å²) < 4.78 is 10.8. The van der Waals surface area contributed by atoms with E-state index in [2.05, 4.69) is 25.1 Å². The number of benzene rings is 1. The van der Waals surface area contributed by atoms with Gasteiger partial charge in [-0.2, -0.15) is 0 Å². The van der Waals surface area contributed by atoms with Gasteiger partial charge in [-0.1, -0.05) is 57.6 Å². The van der Waals surface area contributed by atoms with Crippen molar-refractivity contribution in [3.63, 3.8) is 0 Å². The van der Waals surface area contributed by atoms with E-state index in [1.165, 1.54) is 81.8 Å². The van der Waals surface area contributed by atoms with Crippen LogP contribution in [0.4, 0.5) is 0 Å². The van der Waals surface area contributed by atoms with Gasteiger partial charge in [0.25, 0.3) is 0 Å². The first-order valence-electron chi connectivity index (χ1n) is 11.2. The van der Waals surface area contributed by atoms with Crippen LogP contribution in [0.2, 0.25) is 0 Å². The van der Waals surface area contributed by atoms with Gasteiger partial charge in [0.15, 0.2) is 11.5 Å². The van der Waals surface area contributed by atoms with E-state index in [1.54, 1.807) is 14.2 Å². The molecular weight excluding hydrogens is 332 g/mol. The van der Waals surface area contributed by atoms with Crippen molar-refractivity contribution in [2.75, 3.05) is 14.2 Å². The highest BCUT2D eigenvalue weighted by molar-refractivity contribution is 5.68. The van der Waals surface area contributed by atoms with Crippen LogP contribution in [0, 0.1) is 17.8 Å². The van der Waals surface area contributed by atoms with Crippen molar-refractivity contribution in [3.05, 3.63) is 29.8 Å². The predicted octanol–water partition coefficient (Wildman–Crippen LogP) is 7.27. The molecule has 0 aliphatic heterocycles. The van der Waals surface area contributed by atoms with E-state index < -0.39 is 0 Å². The van der Waals surface area contributed by atoms with Crippen molar-refractivity contribution >= 4 is 5.57 Å². The Balaban J connectivity index is 1.52. The van der Waals surface area contributed by atoms with Crippen LogP contribution < -0.4 is 9.47 Å². The number of ether oxygens (including phenoxy) is 2. The molecule has 3 rings (SSSR count). The lowest BCUT2D eigenvalue weighted by molar-refractivity contribution is 0.187. The molecule has 0 saturated heterocycles. The van der Waals surface area contributed by atoms with Crippen molar-refractivity contribution in [2.45, 2.75) is 77.6 Å². The molecule has 2 aliphatic carbocycles. The Labute approximate surface area is 166 Å². The van der Waals surface area contributed by atoms with Gasteiger partial charge in [-0.3, -0.25) is 0 Å². The van der Waals surface area contributed by atoms with Gasteiger partial charge in [-0.25, -0.2) is 0 Å². The van der Waals surface area contributed by atoms with Gasteiger partial charge in [-0.15, -0.1) is 0 Å². The second-order valence-corrected chi connectivity index (χ2v) is 8.61. The van der Waals surface area contributed by atoms with E-state index in [-0.39, 0.29) is 0 Å². The normalized spacial score (nSPS) is 25.7. The Morgan fingerprint density at radius 3 is 2.30 bits per heavy atom. The number of unbranched alkanes of at least 4 members (excludes halogenated alkanes) is 2. The fourth-order valence-corrected chi connectivity index (χ4v) is 5.21. The number of hydrogen-bond donors (Lipinski definition) is 0. The molecule has 0 spiro atoms. The molecule has 27 heavy (non-hydrogen) atoms. The second kappa shape index (κ2) is 10.2. The molecule has 2 heteroatoms. The van der Waals surface area contributed by atoms with E-state index in [9.17, 15) is 0 Å². The molecule has 2 aliphatic rings. The summed E-state index contributed by atoms with van der Waals surface area (Å²) in [7, 11) is 3.41. The third-order valence-corrected chi connectivity index (χ3v) is 6.98. The second-order valence-electron chi connectivity index (χ2n) is 8.61. The maximum absolute atomic E-state index is 5.48. The highest BCUT2D eigenvalue weighted by Crippen LogP contribution is 2.43. The molecule has 0 amide bonds. The Morgan fingerprint density at radius 1 is 0.889 bits per heavy atom. The van der Waals surface area contributed by atoms with Gasteiger partial charge in [0.05, 0.1) is 14.2 Å². The average molecular weight is 371 g/mol. The van der Waals surface area contributed by atoms with E-state index in [0.717, 1.165) is 29.3 Å². The Morgan fingerprint density at radius 2 is 1.67 bits per heavy atom. The maximum atomic E-state index is 5.48. The summed E-state index contributed by atoms with van der Waals surface area (Å²) in [6.07, 6.45) is 17.9. The van der Waals surface area contributed by atoms with E-state index in [1.807, 2.05) is 6.07 Å². The topological polar surface area (TPSA) is 18.5 Å². The molecule has 1 aromatic rings. The van der Waals surface area contributed by atoms with Crippen molar-refractivity contribution in [3.8, 4) is 11.5 Å². The van der Waals surface area contributed by atoms with E-state index >= 15 is 0 Å². The monoisotopic (exact) mass is 370 g/mol. The van der Waals surface area contributed by atoms with Crippen LogP contribution >= 0.6 is 0 Å². The minimum absolute atomic E-state index is 0.811. The van der Waals surface area contributed by atoms with E-state index in [0.29, 0.717) is 0 Å². The summed E-state index contributed by atoms with van der Waals surface area (Å²) in [5.41, 5.74) is 2.78. The molecule has 0 radical (unpaired) electrons. The zero-order valence-electron chi connectivity index (χ0n) is 17.6. The van der Waals surface area contributed by atoms with Crippen LogP contribution in [0.25, 0.3) is 5.57 Å². The number of hydrogen-bond acceptors (Lipinski definition) is 2. The smallest absolute Gasteiger partial charge is 0.161 e. The molecule has 1 saturated carbocycles. The van der Waals surface area contributed by atoms with Gasteiger partial charge in [0, 0.05) is 0 Å². The van der Waals surface area contributed by atoms with Crippen LogP contribution in [-0.2, 0) is 0 Å². The van der Waals surface area contributed by atoms with Gasteiger partial charge in [0.1, 0.15) is 0 Å². The molecule has 1 unspecified atom stereocenters. The third-order valence-electron chi connectivity index (χ3n) is 6.98. The molecular formula is C25H38O2. The summed E-state index contributed by atoms with van der Waals surface area (Å²) >= 11 is 0. The SMILES string of the molecule is CCCCCC1CCC(C2CC=C(c3ccc(OC)c(OC)c3)CC2)CC1. The van der Waals surface area contributed by atoms with Crippen LogP contribution in [-0.4, -0.2) is 14.2 Å². The minimum atomic E-state index is 0.811. The molecule has 1 fully saturated rings. The molecule has 0 heterocycles. The highest BCUT2D eigenvalue weighted by Gasteiger charge is 2.28. The van der Waals surface area contributed by atoms with Crippen molar-refractivity contribution in [1.29, 1.82) is 0 Å². The largest absolute Gasteiger partial charge is 0.493 e. The van der Waals surface area contributed by atoms with Crippen molar-refractivity contribution in [1.82, 2.24) is 0 Å². The summed E-state index contributed by atoms with van der Waals surface area (Å²) in [5, 5.41) is 0. The number of methoxy groups -OCH3 is 2. The Kier molecular flexibility index (Phi) is 7.67. The zero-order chi connectivity index (χ0) is 19.1. The molecule has 0 N–H and O–H groups in total. The lowest BCUT2D eigenvalue weighted by Gasteiger charge is -2.35. The van der Waals surface area contributed by atoms with Crippen molar-refractivity contribution < 1.29 is 9.47 Å². The summed E-state index contributed by atoms with van der Waals surface area (Å²) in [6, 6.07) is 6.34. The van der Waals surface area contributed by atoms with Crippen molar-refractivity contribution in [2.24, 2.45) is 17.8 Å². The first-order valence-corrected chi connectivity index (χ1v) is 11.2. The standard InChI is InChI=1S/C25H38O2/c1-4-5-6-7-19-8-10-20(11-9-19)21-12-14-22(15-13-21)23-16-17-24(26-2)25(18-23)27-3/h14,16-21H,4-13,15H2,1-3H3. The fraction of sp³-hybridized carbons (Fsp3) is 0.680. The first-order chi connectivity index (χ1) is 13.2.